The highest BCUT2D eigenvalue weighted by molar-refractivity contribution is 5.70. The van der Waals surface area contributed by atoms with Crippen LogP contribution in [0.1, 0.15) is 25.8 Å². The minimum Gasteiger partial charge on any atom is -0.399 e. The van der Waals surface area contributed by atoms with Gasteiger partial charge in [0.05, 0.1) is 5.69 Å². The van der Waals surface area contributed by atoms with Crippen molar-refractivity contribution in [1.82, 2.24) is 9.97 Å². The topological polar surface area (TPSA) is 63.8 Å². The Kier molecular flexibility index (Phi) is 12.0. The SMILES string of the molecule is C#C.C=C/C=C\C(=C/C)C(=C)/C(F)=C(CC(=C)Nc1ccnc(-c2cccnc2)c1C)\C(N)=C/C. The zero-order chi connectivity index (χ0) is 26.4. The quantitative estimate of drug-likeness (QED) is 0.283. The lowest BCUT2D eigenvalue weighted by Gasteiger charge is -2.17. The van der Waals surface area contributed by atoms with Gasteiger partial charge in [-0.15, -0.1) is 12.8 Å². The van der Waals surface area contributed by atoms with Gasteiger partial charge in [-0.05, 0) is 50.1 Å². The van der Waals surface area contributed by atoms with Gasteiger partial charge in [0.1, 0.15) is 5.83 Å². The molecule has 0 aliphatic heterocycles. The molecule has 4 nitrogen and oxygen atoms in total. The molecule has 0 bridgehead atoms. The molecule has 0 saturated heterocycles. The fourth-order valence-corrected chi connectivity index (χ4v) is 3.25. The largest absolute Gasteiger partial charge is 0.399 e. The number of aromatic nitrogens is 2. The summed E-state index contributed by atoms with van der Waals surface area (Å²) in [6.45, 7) is 17.3. The van der Waals surface area contributed by atoms with Crippen molar-refractivity contribution in [2.75, 3.05) is 5.32 Å². The van der Waals surface area contributed by atoms with Crippen LogP contribution in [-0.2, 0) is 0 Å². The van der Waals surface area contributed by atoms with Crippen LogP contribution in [-0.4, -0.2) is 9.97 Å². The van der Waals surface area contributed by atoms with Gasteiger partial charge in [-0.25, -0.2) is 4.39 Å². The normalized spacial score (nSPS) is 12.3. The van der Waals surface area contributed by atoms with Crippen LogP contribution in [0.5, 0.6) is 0 Å². The molecule has 5 heteroatoms. The van der Waals surface area contributed by atoms with E-state index in [-0.39, 0.29) is 12.0 Å². The van der Waals surface area contributed by atoms with Crippen molar-refractivity contribution in [3.63, 3.8) is 0 Å². The smallest absolute Gasteiger partial charge is 0.136 e. The fourth-order valence-electron chi connectivity index (χ4n) is 3.25. The molecular weight excluding hydrogens is 435 g/mol. The van der Waals surface area contributed by atoms with Crippen LogP contribution in [0.2, 0.25) is 0 Å². The highest BCUT2D eigenvalue weighted by Crippen LogP contribution is 2.31. The van der Waals surface area contributed by atoms with E-state index >= 15 is 4.39 Å². The maximum atomic E-state index is 15.5. The highest BCUT2D eigenvalue weighted by atomic mass is 19.1. The number of nitrogens with two attached hydrogens (primary N) is 1. The van der Waals surface area contributed by atoms with E-state index < -0.39 is 5.83 Å². The molecule has 0 aromatic carbocycles. The van der Waals surface area contributed by atoms with E-state index in [0.717, 1.165) is 22.5 Å². The summed E-state index contributed by atoms with van der Waals surface area (Å²) < 4.78 is 15.5. The Morgan fingerprint density at radius 1 is 1.17 bits per heavy atom. The predicted octanol–water partition coefficient (Wildman–Crippen LogP) is 7.35. The number of halogens is 1. The second kappa shape index (κ2) is 14.7. The first-order valence-corrected chi connectivity index (χ1v) is 10.9. The number of rotatable bonds is 10. The summed E-state index contributed by atoms with van der Waals surface area (Å²) in [4.78, 5) is 8.65. The van der Waals surface area contributed by atoms with Gasteiger partial charge in [-0.1, -0.05) is 50.1 Å². The third-order valence-electron chi connectivity index (χ3n) is 5.10. The third-order valence-corrected chi connectivity index (χ3v) is 5.10. The van der Waals surface area contributed by atoms with E-state index in [1.165, 1.54) is 0 Å². The summed E-state index contributed by atoms with van der Waals surface area (Å²) in [5, 5.41) is 3.29. The van der Waals surface area contributed by atoms with Crippen LogP contribution >= 0.6 is 0 Å². The molecule has 0 fully saturated rings. The summed E-state index contributed by atoms with van der Waals surface area (Å²) in [5.41, 5.74) is 11.8. The molecule has 180 valence electrons. The Morgan fingerprint density at radius 2 is 1.89 bits per heavy atom. The van der Waals surface area contributed by atoms with Crippen LogP contribution < -0.4 is 11.1 Å². The molecule has 2 heterocycles. The van der Waals surface area contributed by atoms with E-state index in [4.69, 9.17) is 5.73 Å². The van der Waals surface area contributed by atoms with Crippen LogP contribution in [0.25, 0.3) is 11.3 Å². The minimum absolute atomic E-state index is 0.188. The van der Waals surface area contributed by atoms with E-state index in [1.807, 2.05) is 32.0 Å². The first-order valence-electron chi connectivity index (χ1n) is 10.9. The predicted molar refractivity (Wildman–Crippen MR) is 148 cm³/mol. The molecule has 35 heavy (non-hydrogen) atoms. The first-order chi connectivity index (χ1) is 16.8. The fraction of sp³-hybridized carbons (Fsp3) is 0.133. The van der Waals surface area contributed by atoms with Gasteiger partial charge in [-0.2, -0.15) is 0 Å². The second-order valence-electron chi connectivity index (χ2n) is 7.33. The second-order valence-corrected chi connectivity index (χ2v) is 7.33. The molecule has 0 aliphatic rings. The maximum absolute atomic E-state index is 15.5. The molecule has 2 aromatic heterocycles. The number of hydrogen-bond acceptors (Lipinski definition) is 4. The Balaban J connectivity index is 0.00000298. The van der Waals surface area contributed by atoms with Crippen molar-refractivity contribution < 1.29 is 4.39 Å². The number of hydrogen-bond donors (Lipinski definition) is 2. The van der Waals surface area contributed by atoms with Crippen molar-refractivity contribution in [1.29, 1.82) is 0 Å². The molecule has 0 spiro atoms. The molecule has 0 unspecified atom stereocenters. The van der Waals surface area contributed by atoms with Gasteiger partial charge in [0.15, 0.2) is 0 Å². The molecule has 2 aromatic rings. The van der Waals surface area contributed by atoms with E-state index in [1.54, 1.807) is 55.9 Å². The lowest BCUT2D eigenvalue weighted by molar-refractivity contribution is 0.640. The van der Waals surface area contributed by atoms with E-state index in [9.17, 15) is 0 Å². The number of nitrogens with zero attached hydrogens (tertiary/aromatic N) is 2. The number of allylic oxidation sites excluding steroid dienone is 10. The zero-order valence-corrected chi connectivity index (χ0v) is 20.7. The molecule has 0 saturated carbocycles. The zero-order valence-electron chi connectivity index (χ0n) is 20.7. The van der Waals surface area contributed by atoms with E-state index in [2.05, 4.69) is 47.9 Å². The van der Waals surface area contributed by atoms with Gasteiger partial charge < -0.3 is 11.1 Å². The van der Waals surface area contributed by atoms with Crippen molar-refractivity contribution in [3.8, 4) is 24.1 Å². The highest BCUT2D eigenvalue weighted by Gasteiger charge is 2.16. The standard InChI is InChI=1S/C28H31FN4.C2H2/c1-7-10-12-22(8-2)20(5)27(29)24(25(30)9-3)17-19(4)33-26-14-16-32-28(21(26)6)23-13-11-15-31-18-23;1-2/h7-16,18H,1,4-5,17,30H2,2-3,6H3,(H,32,33);1-2H/b12-10-,22-8+,25-9+,27-24+;. The van der Waals surface area contributed by atoms with Crippen molar-refractivity contribution in [2.24, 2.45) is 5.73 Å². The molecule has 0 amide bonds. The van der Waals surface area contributed by atoms with Crippen molar-refractivity contribution in [2.45, 2.75) is 27.2 Å². The Labute approximate surface area is 208 Å². The first kappa shape index (κ1) is 28.6. The van der Waals surface area contributed by atoms with Gasteiger partial charge in [0.25, 0.3) is 0 Å². The number of terminal acetylenes is 1. The Bertz CT molecular complexity index is 1200. The van der Waals surface area contributed by atoms with E-state index in [0.29, 0.717) is 22.5 Å². The Hall–Kier alpha value is -4.43. The maximum Gasteiger partial charge on any atom is 0.136 e. The summed E-state index contributed by atoms with van der Waals surface area (Å²) in [6.07, 6.45) is 22.0. The summed E-state index contributed by atoms with van der Waals surface area (Å²) >= 11 is 0. The Morgan fingerprint density at radius 3 is 2.46 bits per heavy atom. The summed E-state index contributed by atoms with van der Waals surface area (Å²) in [5.74, 6) is -0.474. The van der Waals surface area contributed by atoms with Gasteiger partial charge >= 0.3 is 0 Å². The monoisotopic (exact) mass is 468 g/mol. The number of nitrogens with one attached hydrogen (secondary N) is 1. The van der Waals surface area contributed by atoms with Crippen LogP contribution in [0.15, 0.2) is 121 Å². The lowest BCUT2D eigenvalue weighted by Crippen LogP contribution is -2.09. The molecule has 0 radical (unpaired) electrons. The minimum atomic E-state index is -0.474. The van der Waals surface area contributed by atoms with Crippen LogP contribution in [0.3, 0.4) is 0 Å². The average Bonchev–Trinajstić information content (AvgIpc) is 2.89. The van der Waals surface area contributed by atoms with Crippen molar-refractivity contribution in [3.05, 3.63) is 126 Å². The summed E-state index contributed by atoms with van der Waals surface area (Å²) in [7, 11) is 0. The summed E-state index contributed by atoms with van der Waals surface area (Å²) in [6, 6.07) is 5.68. The lowest BCUT2D eigenvalue weighted by atomic mass is 9.98. The van der Waals surface area contributed by atoms with Crippen LogP contribution in [0, 0.1) is 19.8 Å². The number of anilines is 1. The molecule has 3 N–H and O–H groups in total. The molecular formula is C30H33FN4. The average molecular weight is 469 g/mol. The van der Waals surface area contributed by atoms with Crippen molar-refractivity contribution >= 4 is 5.69 Å². The molecule has 0 aliphatic carbocycles. The molecule has 0 atom stereocenters. The van der Waals surface area contributed by atoms with Crippen LogP contribution in [0.4, 0.5) is 10.1 Å². The van der Waals surface area contributed by atoms with Gasteiger partial charge in [0, 0.05) is 58.8 Å². The van der Waals surface area contributed by atoms with Gasteiger partial charge in [-0.3, -0.25) is 9.97 Å². The molecule has 2 rings (SSSR count). The third kappa shape index (κ3) is 7.83. The van der Waals surface area contributed by atoms with Gasteiger partial charge in [0.2, 0.25) is 0 Å². The number of pyridine rings is 2.